The summed E-state index contributed by atoms with van der Waals surface area (Å²) < 4.78 is 0. The third kappa shape index (κ3) is 3.09. The number of amides is 2. The molecule has 1 saturated heterocycles. The van der Waals surface area contributed by atoms with Crippen molar-refractivity contribution in [2.75, 3.05) is 31.5 Å². The first-order valence-electron chi connectivity index (χ1n) is 7.27. The van der Waals surface area contributed by atoms with Crippen LogP contribution >= 0.6 is 11.3 Å². The Kier molecular flexibility index (Phi) is 3.89. The van der Waals surface area contributed by atoms with E-state index in [1.54, 1.807) is 0 Å². The van der Waals surface area contributed by atoms with Crippen LogP contribution in [0.25, 0.3) is 0 Å². The van der Waals surface area contributed by atoms with Crippen LogP contribution in [0.1, 0.15) is 37.6 Å². The van der Waals surface area contributed by atoms with Crippen LogP contribution in [0.4, 0.5) is 9.93 Å². The maximum atomic E-state index is 12.2. The van der Waals surface area contributed by atoms with Crippen molar-refractivity contribution in [2.45, 2.75) is 38.6 Å². The van der Waals surface area contributed by atoms with Gasteiger partial charge in [-0.25, -0.2) is 4.79 Å². The monoisotopic (exact) mass is 295 g/mol. The molecule has 1 aromatic heterocycles. The van der Waals surface area contributed by atoms with Crippen molar-refractivity contribution in [3.05, 3.63) is 5.01 Å². The van der Waals surface area contributed by atoms with Crippen LogP contribution < -0.4 is 5.32 Å². The van der Waals surface area contributed by atoms with Crippen molar-refractivity contribution in [1.29, 1.82) is 0 Å². The van der Waals surface area contributed by atoms with Gasteiger partial charge in [0, 0.05) is 38.1 Å². The molecule has 6 nitrogen and oxygen atoms in total. The highest BCUT2D eigenvalue weighted by atomic mass is 32.1. The first-order valence-corrected chi connectivity index (χ1v) is 8.08. The molecular formula is C13H21N5OS. The van der Waals surface area contributed by atoms with E-state index in [9.17, 15) is 4.79 Å². The fourth-order valence-corrected chi connectivity index (χ4v) is 3.29. The summed E-state index contributed by atoms with van der Waals surface area (Å²) in [4.78, 5) is 16.4. The smallest absolute Gasteiger partial charge is 0.322 e. The molecule has 0 aromatic carbocycles. The predicted octanol–water partition coefficient (Wildman–Crippen LogP) is 1.97. The van der Waals surface area contributed by atoms with Gasteiger partial charge >= 0.3 is 6.03 Å². The number of carbonyl (C=O) groups is 1. The lowest BCUT2D eigenvalue weighted by molar-refractivity contribution is 0.125. The number of hydrogen-bond donors (Lipinski definition) is 1. The Bertz CT molecular complexity index is 477. The molecule has 2 amide bonds. The number of piperazine rings is 1. The van der Waals surface area contributed by atoms with Gasteiger partial charge in [-0.1, -0.05) is 11.3 Å². The molecule has 1 N–H and O–H groups in total. The normalized spacial score (nSPS) is 20.4. The van der Waals surface area contributed by atoms with Gasteiger partial charge in [-0.2, -0.15) is 0 Å². The zero-order valence-electron chi connectivity index (χ0n) is 12.0. The molecule has 0 atom stereocenters. The summed E-state index contributed by atoms with van der Waals surface area (Å²) in [6.45, 7) is 7.81. The number of urea groups is 1. The van der Waals surface area contributed by atoms with Gasteiger partial charge in [-0.15, -0.1) is 10.2 Å². The number of anilines is 1. The third-order valence-corrected chi connectivity index (χ3v) is 4.91. The quantitative estimate of drug-likeness (QED) is 0.926. The number of nitrogens with one attached hydrogen (secondary N) is 1. The fourth-order valence-electron chi connectivity index (χ4n) is 2.39. The first-order chi connectivity index (χ1) is 9.63. The molecule has 0 spiro atoms. The average molecular weight is 295 g/mol. The Hall–Kier alpha value is -1.21. The Balaban J connectivity index is 1.51. The molecule has 0 unspecified atom stereocenters. The number of nitrogens with zero attached hydrogens (tertiary/aromatic N) is 4. The Morgan fingerprint density at radius 3 is 2.55 bits per heavy atom. The molecule has 0 radical (unpaired) electrons. The first kappa shape index (κ1) is 13.8. The van der Waals surface area contributed by atoms with Gasteiger partial charge in [0.25, 0.3) is 0 Å². The maximum Gasteiger partial charge on any atom is 0.323 e. The summed E-state index contributed by atoms with van der Waals surface area (Å²) in [7, 11) is 0. The standard InChI is InChI=1S/C13H21N5OS/c1-9(2)17-5-7-18(8-6-17)13(19)14-12-16-15-11(20-12)10-3-4-10/h9-10H,3-8H2,1-2H3,(H,14,16,19). The second kappa shape index (κ2) is 5.65. The molecule has 2 aliphatic rings. The van der Waals surface area contributed by atoms with Gasteiger partial charge in [0.2, 0.25) is 5.13 Å². The molecule has 1 aromatic rings. The zero-order valence-corrected chi connectivity index (χ0v) is 12.8. The van der Waals surface area contributed by atoms with E-state index in [2.05, 4.69) is 34.3 Å². The van der Waals surface area contributed by atoms with Crippen LogP contribution in [-0.4, -0.2) is 58.2 Å². The van der Waals surface area contributed by atoms with E-state index in [-0.39, 0.29) is 6.03 Å². The van der Waals surface area contributed by atoms with E-state index >= 15 is 0 Å². The number of aromatic nitrogens is 2. The second-order valence-electron chi connectivity index (χ2n) is 5.77. The maximum absolute atomic E-state index is 12.2. The van der Waals surface area contributed by atoms with Crippen molar-refractivity contribution < 1.29 is 4.79 Å². The minimum absolute atomic E-state index is 0.0492. The molecule has 1 saturated carbocycles. The van der Waals surface area contributed by atoms with Gasteiger partial charge in [-0.3, -0.25) is 10.2 Å². The summed E-state index contributed by atoms with van der Waals surface area (Å²) in [6, 6.07) is 0.497. The van der Waals surface area contributed by atoms with Crippen molar-refractivity contribution >= 4 is 22.5 Å². The lowest BCUT2D eigenvalue weighted by Gasteiger charge is -2.36. The van der Waals surface area contributed by atoms with Gasteiger partial charge in [0.05, 0.1) is 0 Å². The van der Waals surface area contributed by atoms with Crippen molar-refractivity contribution in [3.63, 3.8) is 0 Å². The van der Waals surface area contributed by atoms with E-state index in [4.69, 9.17) is 0 Å². The minimum Gasteiger partial charge on any atom is -0.322 e. The van der Waals surface area contributed by atoms with Crippen LogP contribution in [0, 0.1) is 0 Å². The van der Waals surface area contributed by atoms with Gasteiger partial charge in [-0.05, 0) is 26.7 Å². The molecule has 0 bridgehead atoms. The van der Waals surface area contributed by atoms with E-state index < -0.39 is 0 Å². The predicted molar refractivity (Wildman–Crippen MR) is 79.2 cm³/mol. The average Bonchev–Trinajstić information content (AvgIpc) is 3.20. The summed E-state index contributed by atoms with van der Waals surface area (Å²) >= 11 is 1.51. The van der Waals surface area contributed by atoms with Crippen LogP contribution in [0.15, 0.2) is 0 Å². The molecule has 110 valence electrons. The van der Waals surface area contributed by atoms with Crippen LogP contribution in [0.2, 0.25) is 0 Å². The van der Waals surface area contributed by atoms with Gasteiger partial charge in [0.15, 0.2) is 0 Å². The van der Waals surface area contributed by atoms with Crippen molar-refractivity contribution in [2.24, 2.45) is 0 Å². The topological polar surface area (TPSA) is 61.4 Å². The second-order valence-corrected chi connectivity index (χ2v) is 6.78. The van der Waals surface area contributed by atoms with E-state index in [0.29, 0.717) is 17.1 Å². The highest BCUT2D eigenvalue weighted by Gasteiger charge is 2.28. The molecule has 20 heavy (non-hydrogen) atoms. The number of rotatable bonds is 3. The van der Waals surface area contributed by atoms with Crippen molar-refractivity contribution in [3.8, 4) is 0 Å². The Morgan fingerprint density at radius 2 is 1.95 bits per heavy atom. The van der Waals surface area contributed by atoms with Crippen LogP contribution in [0.3, 0.4) is 0 Å². The van der Waals surface area contributed by atoms with Gasteiger partial charge in [0.1, 0.15) is 5.01 Å². The summed E-state index contributed by atoms with van der Waals surface area (Å²) in [5, 5.41) is 12.8. The van der Waals surface area contributed by atoms with Gasteiger partial charge < -0.3 is 4.90 Å². The van der Waals surface area contributed by atoms with Crippen molar-refractivity contribution in [1.82, 2.24) is 20.0 Å². The largest absolute Gasteiger partial charge is 0.323 e. The summed E-state index contributed by atoms with van der Waals surface area (Å²) in [5.41, 5.74) is 0. The Labute approximate surface area is 123 Å². The Morgan fingerprint density at radius 1 is 1.25 bits per heavy atom. The molecule has 3 rings (SSSR count). The highest BCUT2D eigenvalue weighted by Crippen LogP contribution is 2.42. The molecule has 1 aliphatic carbocycles. The zero-order chi connectivity index (χ0) is 14.1. The van der Waals surface area contributed by atoms with E-state index in [1.165, 1.54) is 24.2 Å². The lowest BCUT2D eigenvalue weighted by Crippen LogP contribution is -2.51. The fraction of sp³-hybridized carbons (Fsp3) is 0.769. The highest BCUT2D eigenvalue weighted by molar-refractivity contribution is 7.15. The number of hydrogen-bond acceptors (Lipinski definition) is 5. The SMILES string of the molecule is CC(C)N1CCN(C(=O)Nc2nnc(C3CC3)s2)CC1. The van der Waals surface area contributed by atoms with Crippen LogP contribution in [-0.2, 0) is 0 Å². The molecule has 2 heterocycles. The van der Waals surface area contributed by atoms with Crippen LogP contribution in [0.5, 0.6) is 0 Å². The summed E-state index contributed by atoms with van der Waals surface area (Å²) in [5.74, 6) is 0.590. The lowest BCUT2D eigenvalue weighted by atomic mass is 10.2. The molecule has 2 fully saturated rings. The molecule has 1 aliphatic heterocycles. The molecule has 7 heteroatoms. The molecular weight excluding hydrogens is 274 g/mol. The third-order valence-electron chi connectivity index (χ3n) is 3.91. The number of carbonyl (C=O) groups excluding carboxylic acids is 1. The van der Waals surface area contributed by atoms with E-state index in [0.717, 1.165) is 31.2 Å². The van der Waals surface area contributed by atoms with E-state index in [1.807, 2.05) is 4.90 Å². The summed E-state index contributed by atoms with van der Waals surface area (Å²) in [6.07, 6.45) is 2.42. The minimum atomic E-state index is -0.0492.